The molecule has 1 aromatic rings. The van der Waals surface area contributed by atoms with Crippen LogP contribution in [0.5, 0.6) is 11.5 Å². The lowest BCUT2D eigenvalue weighted by molar-refractivity contribution is 0.00578. The van der Waals surface area contributed by atoms with Crippen molar-refractivity contribution in [2.75, 3.05) is 0 Å². The van der Waals surface area contributed by atoms with E-state index < -0.39 is 18.3 Å². The number of rotatable bonds is 5. The summed E-state index contributed by atoms with van der Waals surface area (Å²) in [4.78, 5) is 4.30. The van der Waals surface area contributed by atoms with Gasteiger partial charge in [0.1, 0.15) is 0 Å². The summed E-state index contributed by atoms with van der Waals surface area (Å²) in [6.07, 6.45) is 5.91. The van der Waals surface area contributed by atoms with Crippen LogP contribution in [-0.2, 0) is 9.31 Å². The number of ether oxygens (including phenoxy) is 2. The van der Waals surface area contributed by atoms with Gasteiger partial charge in [0.15, 0.2) is 11.5 Å². The molecule has 1 aliphatic carbocycles. The fraction of sp³-hybridized carbons (Fsp3) is 0.706. The molecule has 23 heavy (non-hydrogen) atoms. The Labute approximate surface area is 138 Å². The van der Waals surface area contributed by atoms with Crippen LogP contribution in [0.4, 0.5) is 0 Å². The second kappa shape index (κ2) is 5.67. The average molecular weight is 319 g/mol. The molecular weight excluding hydrogens is 293 g/mol. The van der Waals surface area contributed by atoms with E-state index in [4.69, 9.17) is 18.8 Å². The van der Waals surface area contributed by atoms with Gasteiger partial charge < -0.3 is 18.8 Å². The lowest BCUT2D eigenvalue weighted by atomic mass is 9.79. The molecule has 2 heterocycles. The van der Waals surface area contributed by atoms with Crippen molar-refractivity contribution < 1.29 is 18.8 Å². The molecule has 0 bridgehead atoms. The Morgan fingerprint density at radius 3 is 2.26 bits per heavy atom. The smallest absolute Gasteiger partial charge is 0.487 e. The topological polar surface area (TPSA) is 49.8 Å². The molecule has 3 rings (SSSR count). The van der Waals surface area contributed by atoms with Gasteiger partial charge in [-0.05, 0) is 54.4 Å². The van der Waals surface area contributed by atoms with Crippen LogP contribution in [0.1, 0.15) is 54.4 Å². The molecule has 126 valence electrons. The van der Waals surface area contributed by atoms with Gasteiger partial charge in [-0.1, -0.05) is 0 Å². The van der Waals surface area contributed by atoms with E-state index in [-0.39, 0.29) is 12.2 Å². The normalized spacial score (nSPS) is 22.5. The Morgan fingerprint density at radius 1 is 1.13 bits per heavy atom. The van der Waals surface area contributed by atoms with Crippen LogP contribution in [0.25, 0.3) is 0 Å². The molecule has 6 heteroatoms. The number of aromatic nitrogens is 1. The quantitative estimate of drug-likeness (QED) is 0.781. The van der Waals surface area contributed by atoms with Gasteiger partial charge in [-0.2, -0.15) is 0 Å². The molecule has 0 N–H and O–H groups in total. The van der Waals surface area contributed by atoms with E-state index in [1.165, 1.54) is 0 Å². The molecule has 0 spiro atoms. The highest BCUT2D eigenvalue weighted by molar-refractivity contribution is 6.63. The molecule has 2 aliphatic rings. The van der Waals surface area contributed by atoms with E-state index >= 15 is 0 Å². The summed E-state index contributed by atoms with van der Waals surface area (Å²) in [5.74, 6) is 1.36. The number of hydrogen-bond acceptors (Lipinski definition) is 5. The van der Waals surface area contributed by atoms with Gasteiger partial charge in [0.2, 0.25) is 0 Å². The van der Waals surface area contributed by atoms with Crippen LogP contribution in [0, 0.1) is 0 Å². The van der Waals surface area contributed by atoms with Crippen molar-refractivity contribution in [3.05, 3.63) is 12.4 Å². The Balaban J connectivity index is 1.95. The van der Waals surface area contributed by atoms with Crippen LogP contribution < -0.4 is 14.9 Å². The van der Waals surface area contributed by atoms with Crippen molar-refractivity contribution in [3.63, 3.8) is 0 Å². The minimum atomic E-state index is -0.503. The molecule has 1 saturated heterocycles. The summed E-state index contributed by atoms with van der Waals surface area (Å²) >= 11 is 0. The largest absolute Gasteiger partial charge is 0.500 e. The van der Waals surface area contributed by atoms with E-state index in [1.54, 1.807) is 12.4 Å². The third kappa shape index (κ3) is 3.33. The standard InChI is InChI=1S/C17H26BNO4/c1-11(2)20-14-10-19-9-13(15(14)21-12-7-8-12)18-22-16(3,4)17(5,6)23-18/h9-12H,7-8H2,1-6H3. The van der Waals surface area contributed by atoms with Crippen LogP contribution >= 0.6 is 0 Å². The first-order valence-electron chi connectivity index (χ1n) is 8.36. The lowest BCUT2D eigenvalue weighted by Crippen LogP contribution is -2.41. The first-order valence-corrected chi connectivity index (χ1v) is 8.36. The maximum atomic E-state index is 6.15. The Hall–Kier alpha value is -1.27. The van der Waals surface area contributed by atoms with E-state index in [1.807, 2.05) is 41.5 Å². The second-order valence-corrected chi connectivity index (χ2v) is 7.63. The van der Waals surface area contributed by atoms with E-state index in [0.29, 0.717) is 11.5 Å². The molecule has 5 nitrogen and oxygen atoms in total. The SMILES string of the molecule is CC(C)Oc1cncc(B2OC(C)(C)C(C)(C)O2)c1OC1CC1. The summed E-state index contributed by atoms with van der Waals surface area (Å²) in [5.41, 5.74) is 0.000967. The molecular formula is C17H26BNO4. The molecule has 0 radical (unpaired) electrons. The lowest BCUT2D eigenvalue weighted by Gasteiger charge is -2.32. The van der Waals surface area contributed by atoms with Crippen LogP contribution in [-0.4, -0.2) is 35.5 Å². The Bertz CT molecular complexity index is 568. The highest BCUT2D eigenvalue weighted by Crippen LogP contribution is 2.39. The highest BCUT2D eigenvalue weighted by Gasteiger charge is 2.53. The van der Waals surface area contributed by atoms with Gasteiger partial charge in [0, 0.05) is 11.7 Å². The fourth-order valence-electron chi connectivity index (χ4n) is 2.40. The summed E-state index contributed by atoms with van der Waals surface area (Å²) in [6.45, 7) is 12.1. The first kappa shape index (κ1) is 16.6. The maximum Gasteiger partial charge on any atom is 0.500 e. The van der Waals surface area contributed by atoms with Crippen molar-refractivity contribution in [1.82, 2.24) is 4.98 Å². The molecule has 1 aliphatic heterocycles. The zero-order valence-corrected chi connectivity index (χ0v) is 14.9. The van der Waals surface area contributed by atoms with Crippen molar-refractivity contribution >= 4 is 12.6 Å². The van der Waals surface area contributed by atoms with Gasteiger partial charge in [0.25, 0.3) is 0 Å². The Kier molecular flexibility index (Phi) is 4.09. The number of hydrogen-bond donors (Lipinski definition) is 0. The van der Waals surface area contributed by atoms with Crippen molar-refractivity contribution in [3.8, 4) is 11.5 Å². The first-order chi connectivity index (χ1) is 10.7. The molecule has 1 saturated carbocycles. The van der Waals surface area contributed by atoms with E-state index in [2.05, 4.69) is 4.98 Å². The number of nitrogens with zero attached hydrogens (tertiary/aromatic N) is 1. The van der Waals surface area contributed by atoms with Gasteiger partial charge in [-0.3, -0.25) is 4.98 Å². The predicted molar refractivity (Wildman–Crippen MR) is 89.4 cm³/mol. The highest BCUT2D eigenvalue weighted by atomic mass is 16.7. The maximum absolute atomic E-state index is 6.15. The van der Waals surface area contributed by atoms with E-state index in [9.17, 15) is 0 Å². The third-order valence-corrected chi connectivity index (χ3v) is 4.57. The zero-order valence-electron chi connectivity index (χ0n) is 14.9. The van der Waals surface area contributed by atoms with Crippen LogP contribution in [0.15, 0.2) is 12.4 Å². The van der Waals surface area contributed by atoms with E-state index in [0.717, 1.165) is 18.3 Å². The summed E-state index contributed by atoms with van der Waals surface area (Å²) < 4.78 is 24.3. The van der Waals surface area contributed by atoms with Crippen LogP contribution in [0.2, 0.25) is 0 Å². The van der Waals surface area contributed by atoms with Gasteiger partial charge in [-0.25, -0.2) is 0 Å². The van der Waals surface area contributed by atoms with Crippen molar-refractivity contribution in [2.24, 2.45) is 0 Å². The minimum Gasteiger partial charge on any atom is -0.487 e. The van der Waals surface area contributed by atoms with Crippen molar-refractivity contribution in [2.45, 2.75) is 77.8 Å². The summed E-state index contributed by atoms with van der Waals surface area (Å²) in [7, 11) is -0.503. The average Bonchev–Trinajstić information content (AvgIpc) is 3.18. The number of pyridine rings is 1. The molecule has 0 aromatic carbocycles. The molecule has 0 atom stereocenters. The predicted octanol–water partition coefficient (Wildman–Crippen LogP) is 2.71. The van der Waals surface area contributed by atoms with Gasteiger partial charge in [0.05, 0.1) is 29.6 Å². The monoisotopic (exact) mass is 319 g/mol. The van der Waals surface area contributed by atoms with Crippen molar-refractivity contribution in [1.29, 1.82) is 0 Å². The Morgan fingerprint density at radius 2 is 1.74 bits per heavy atom. The van der Waals surface area contributed by atoms with Gasteiger partial charge in [-0.15, -0.1) is 0 Å². The third-order valence-electron chi connectivity index (χ3n) is 4.57. The molecule has 1 aromatic heterocycles. The molecule has 0 amide bonds. The summed E-state index contributed by atoms with van der Waals surface area (Å²) in [6, 6.07) is 0. The molecule has 2 fully saturated rings. The van der Waals surface area contributed by atoms with Crippen LogP contribution in [0.3, 0.4) is 0 Å². The second-order valence-electron chi connectivity index (χ2n) is 7.63. The fourth-order valence-corrected chi connectivity index (χ4v) is 2.40. The zero-order chi connectivity index (χ0) is 16.8. The van der Waals surface area contributed by atoms with Gasteiger partial charge >= 0.3 is 7.12 Å². The minimum absolute atomic E-state index is 0.0481. The molecule has 0 unspecified atom stereocenters. The summed E-state index contributed by atoms with van der Waals surface area (Å²) in [5, 5.41) is 0.